The van der Waals surface area contributed by atoms with Crippen LogP contribution in [0.15, 0.2) is 48.8 Å². The Bertz CT molecular complexity index is 499. The third kappa shape index (κ3) is 2.29. The summed E-state index contributed by atoms with van der Waals surface area (Å²) in [6.07, 6.45) is 3.68. The van der Waals surface area contributed by atoms with Gasteiger partial charge in [-0.3, -0.25) is 4.98 Å². The number of hydrogen-bond acceptors (Lipinski definition) is 3. The Morgan fingerprint density at radius 3 is 3.00 bits per heavy atom. The van der Waals surface area contributed by atoms with Crippen molar-refractivity contribution >= 4 is 17.4 Å². The van der Waals surface area contributed by atoms with Crippen LogP contribution in [0.5, 0.6) is 0 Å². The van der Waals surface area contributed by atoms with Crippen molar-refractivity contribution < 1.29 is 0 Å². The predicted molar refractivity (Wildman–Crippen MR) is 73.2 cm³/mol. The number of hydrogen-bond donors (Lipinski definition) is 1. The Morgan fingerprint density at radius 1 is 1.18 bits per heavy atom. The molecule has 17 heavy (non-hydrogen) atoms. The minimum Gasteiger partial charge on any atom is -0.376 e. The summed E-state index contributed by atoms with van der Waals surface area (Å²) in [6.45, 7) is 0. The highest BCUT2D eigenvalue weighted by Crippen LogP contribution is 2.33. The molecule has 0 spiro atoms. The fourth-order valence-electron chi connectivity index (χ4n) is 2.15. The molecule has 0 amide bonds. The lowest BCUT2D eigenvalue weighted by Crippen LogP contribution is -2.18. The van der Waals surface area contributed by atoms with Gasteiger partial charge >= 0.3 is 0 Å². The highest BCUT2D eigenvalue weighted by molar-refractivity contribution is 7.98. The van der Waals surface area contributed by atoms with Gasteiger partial charge in [0.05, 0.1) is 11.7 Å². The van der Waals surface area contributed by atoms with Gasteiger partial charge in [-0.2, -0.15) is 11.8 Å². The Morgan fingerprint density at radius 2 is 2.12 bits per heavy atom. The van der Waals surface area contributed by atoms with E-state index in [1.165, 1.54) is 11.1 Å². The lowest BCUT2D eigenvalue weighted by Gasteiger charge is -2.26. The number of nitrogens with zero attached hydrogens (tertiary/aromatic N) is 1. The third-order valence-corrected chi connectivity index (χ3v) is 4.06. The molecule has 2 nitrogen and oxygen atoms in total. The molecule has 2 aromatic rings. The number of anilines is 1. The van der Waals surface area contributed by atoms with Crippen molar-refractivity contribution in [1.29, 1.82) is 0 Å². The minimum absolute atomic E-state index is 0.397. The SMILES string of the molecule is c1cncc(NC2CSCc3ccccc32)c1. The van der Waals surface area contributed by atoms with E-state index in [4.69, 9.17) is 0 Å². The number of aromatic nitrogens is 1. The Hall–Kier alpha value is -1.48. The topological polar surface area (TPSA) is 24.9 Å². The van der Waals surface area contributed by atoms with Crippen LogP contribution >= 0.6 is 11.8 Å². The van der Waals surface area contributed by atoms with Gasteiger partial charge in [-0.15, -0.1) is 0 Å². The van der Waals surface area contributed by atoms with E-state index in [9.17, 15) is 0 Å². The molecule has 0 fully saturated rings. The molecule has 0 aliphatic carbocycles. The zero-order chi connectivity index (χ0) is 11.5. The minimum atomic E-state index is 0.397. The van der Waals surface area contributed by atoms with Gasteiger partial charge in [-0.1, -0.05) is 24.3 Å². The van der Waals surface area contributed by atoms with E-state index in [1.54, 1.807) is 6.20 Å². The number of nitrogens with one attached hydrogen (secondary N) is 1. The van der Waals surface area contributed by atoms with Crippen molar-refractivity contribution in [3.8, 4) is 0 Å². The summed E-state index contributed by atoms with van der Waals surface area (Å²) in [6, 6.07) is 13.1. The van der Waals surface area contributed by atoms with Crippen molar-refractivity contribution in [3.05, 3.63) is 59.9 Å². The molecule has 1 unspecified atom stereocenters. The molecular weight excluding hydrogens is 228 g/mol. The smallest absolute Gasteiger partial charge is 0.0607 e. The van der Waals surface area contributed by atoms with Crippen LogP contribution in [0.2, 0.25) is 0 Å². The molecular formula is C14H14N2S. The van der Waals surface area contributed by atoms with Gasteiger partial charge in [-0.05, 0) is 23.3 Å². The van der Waals surface area contributed by atoms with E-state index in [0.717, 1.165) is 17.2 Å². The molecule has 0 bridgehead atoms. The Balaban J connectivity index is 1.86. The number of rotatable bonds is 2. The van der Waals surface area contributed by atoms with Crippen molar-refractivity contribution in [2.75, 3.05) is 11.1 Å². The highest BCUT2D eigenvalue weighted by Gasteiger charge is 2.19. The second kappa shape index (κ2) is 4.80. The van der Waals surface area contributed by atoms with Crippen LogP contribution in [0.1, 0.15) is 17.2 Å². The maximum atomic E-state index is 4.14. The first-order valence-electron chi connectivity index (χ1n) is 5.75. The lowest BCUT2D eigenvalue weighted by atomic mass is 10.0. The first-order valence-corrected chi connectivity index (χ1v) is 6.91. The molecule has 3 heteroatoms. The van der Waals surface area contributed by atoms with Gasteiger partial charge in [-0.25, -0.2) is 0 Å². The fraction of sp³-hybridized carbons (Fsp3) is 0.214. The molecule has 1 aliphatic rings. The Labute approximate surface area is 105 Å². The molecule has 0 radical (unpaired) electrons. The summed E-state index contributed by atoms with van der Waals surface area (Å²) in [5.74, 6) is 2.24. The van der Waals surface area contributed by atoms with Gasteiger partial charge in [0.25, 0.3) is 0 Å². The average molecular weight is 242 g/mol. The van der Waals surface area contributed by atoms with Crippen molar-refractivity contribution in [3.63, 3.8) is 0 Å². The zero-order valence-electron chi connectivity index (χ0n) is 9.47. The van der Waals surface area contributed by atoms with Crippen LogP contribution < -0.4 is 5.32 Å². The second-order valence-corrected chi connectivity index (χ2v) is 5.18. The predicted octanol–water partition coefficient (Wildman–Crippen LogP) is 3.48. The molecule has 0 saturated heterocycles. The molecule has 1 N–H and O–H groups in total. The van der Waals surface area contributed by atoms with Crippen molar-refractivity contribution in [2.24, 2.45) is 0 Å². The molecule has 1 atom stereocenters. The van der Waals surface area contributed by atoms with Crippen LogP contribution in [-0.4, -0.2) is 10.7 Å². The lowest BCUT2D eigenvalue weighted by molar-refractivity contribution is 0.869. The van der Waals surface area contributed by atoms with Crippen LogP contribution in [-0.2, 0) is 5.75 Å². The molecule has 86 valence electrons. The van der Waals surface area contributed by atoms with Gasteiger partial charge in [0.15, 0.2) is 0 Å². The zero-order valence-corrected chi connectivity index (χ0v) is 10.3. The number of benzene rings is 1. The first-order chi connectivity index (χ1) is 8.43. The van der Waals surface area contributed by atoms with Crippen molar-refractivity contribution in [2.45, 2.75) is 11.8 Å². The molecule has 3 rings (SSSR count). The molecule has 0 saturated carbocycles. The van der Waals surface area contributed by atoms with Gasteiger partial charge in [0, 0.05) is 23.9 Å². The van der Waals surface area contributed by atoms with E-state index < -0.39 is 0 Å². The summed E-state index contributed by atoms with van der Waals surface area (Å²) < 4.78 is 0. The van der Waals surface area contributed by atoms with Crippen LogP contribution in [0.3, 0.4) is 0 Å². The molecule has 1 aliphatic heterocycles. The normalized spacial score (nSPS) is 18.5. The number of pyridine rings is 1. The monoisotopic (exact) mass is 242 g/mol. The van der Waals surface area contributed by atoms with E-state index >= 15 is 0 Å². The van der Waals surface area contributed by atoms with Gasteiger partial charge in [0.2, 0.25) is 0 Å². The summed E-state index contributed by atoms with van der Waals surface area (Å²) in [5, 5.41) is 3.55. The first kappa shape index (κ1) is 10.7. The van der Waals surface area contributed by atoms with E-state index in [-0.39, 0.29) is 0 Å². The van der Waals surface area contributed by atoms with Gasteiger partial charge in [0.1, 0.15) is 0 Å². The van der Waals surface area contributed by atoms with Crippen LogP contribution in [0.4, 0.5) is 5.69 Å². The fourth-order valence-corrected chi connectivity index (χ4v) is 3.25. The maximum Gasteiger partial charge on any atom is 0.0607 e. The maximum absolute atomic E-state index is 4.14. The summed E-state index contributed by atoms with van der Waals surface area (Å²) in [7, 11) is 0. The van der Waals surface area contributed by atoms with E-state index in [0.29, 0.717) is 6.04 Å². The third-order valence-electron chi connectivity index (χ3n) is 2.98. The van der Waals surface area contributed by atoms with E-state index in [2.05, 4.69) is 40.6 Å². The van der Waals surface area contributed by atoms with Crippen LogP contribution in [0, 0.1) is 0 Å². The largest absolute Gasteiger partial charge is 0.376 e. The highest BCUT2D eigenvalue weighted by atomic mass is 32.2. The number of thioether (sulfide) groups is 1. The van der Waals surface area contributed by atoms with E-state index in [1.807, 2.05) is 24.0 Å². The summed E-state index contributed by atoms with van der Waals surface area (Å²) in [5.41, 5.74) is 3.97. The molecule has 1 aromatic heterocycles. The standard InChI is InChI=1S/C14H14N2S/c1-2-6-13-11(4-1)9-17-10-14(13)16-12-5-3-7-15-8-12/h1-8,14,16H,9-10H2. The van der Waals surface area contributed by atoms with Crippen LogP contribution in [0.25, 0.3) is 0 Å². The van der Waals surface area contributed by atoms with Crippen molar-refractivity contribution in [1.82, 2.24) is 4.98 Å². The summed E-state index contributed by atoms with van der Waals surface area (Å²) >= 11 is 1.98. The second-order valence-electron chi connectivity index (χ2n) is 4.15. The van der Waals surface area contributed by atoms with Gasteiger partial charge < -0.3 is 5.32 Å². The number of fused-ring (bicyclic) bond motifs is 1. The molecule has 1 aromatic carbocycles. The average Bonchev–Trinajstić information content (AvgIpc) is 2.40. The Kier molecular flexibility index (Phi) is 3.01. The quantitative estimate of drug-likeness (QED) is 0.872. The molecule has 2 heterocycles. The summed E-state index contributed by atoms with van der Waals surface area (Å²) in [4.78, 5) is 4.14.